The summed E-state index contributed by atoms with van der Waals surface area (Å²) in [7, 11) is 0. The van der Waals surface area contributed by atoms with Gasteiger partial charge in [0, 0.05) is 34.7 Å². The van der Waals surface area contributed by atoms with Gasteiger partial charge in [-0.25, -0.2) is 0 Å². The van der Waals surface area contributed by atoms with Crippen molar-refractivity contribution in [2.75, 3.05) is 24.7 Å². The van der Waals surface area contributed by atoms with E-state index in [9.17, 15) is 9.90 Å². The van der Waals surface area contributed by atoms with E-state index in [0.717, 1.165) is 26.9 Å². The lowest BCUT2D eigenvalue weighted by Crippen LogP contribution is -2.23. The highest BCUT2D eigenvalue weighted by molar-refractivity contribution is 8.10. The first kappa shape index (κ1) is 18.4. The number of hydrogen-bond donors (Lipinski definition) is 1. The van der Waals surface area contributed by atoms with Gasteiger partial charge in [0.15, 0.2) is 0 Å². The Kier molecular flexibility index (Phi) is 8.02. The summed E-state index contributed by atoms with van der Waals surface area (Å²) in [6.45, 7) is 2.30. The molecule has 6 heteroatoms. The molecule has 0 saturated heterocycles. The first-order chi connectivity index (χ1) is 11.2. The fourth-order valence-corrected chi connectivity index (χ4v) is 4.63. The summed E-state index contributed by atoms with van der Waals surface area (Å²) in [5.74, 6) is 1.71. The van der Waals surface area contributed by atoms with E-state index in [1.54, 1.807) is 23.5 Å². The van der Waals surface area contributed by atoms with E-state index in [2.05, 4.69) is 0 Å². The van der Waals surface area contributed by atoms with E-state index in [4.69, 9.17) is 9.47 Å². The zero-order valence-electron chi connectivity index (χ0n) is 13.2. The molecule has 0 bridgehead atoms. The lowest BCUT2D eigenvalue weighted by atomic mass is 10.2. The molecular formula is C17H22O4S2. The molecule has 1 aromatic rings. The molecule has 1 aliphatic rings. The van der Waals surface area contributed by atoms with E-state index >= 15 is 0 Å². The van der Waals surface area contributed by atoms with Gasteiger partial charge in [-0.1, -0.05) is 30.3 Å². The molecule has 23 heavy (non-hydrogen) atoms. The van der Waals surface area contributed by atoms with Crippen molar-refractivity contribution < 1.29 is 19.4 Å². The van der Waals surface area contributed by atoms with Crippen LogP contribution in [0.1, 0.15) is 18.9 Å². The molecule has 0 fully saturated rings. The summed E-state index contributed by atoms with van der Waals surface area (Å²) in [5, 5.41) is 9.45. The number of carbonyl (C=O) groups excluding carboxylic acids is 1. The minimum Gasteiger partial charge on any atom is -0.460 e. The van der Waals surface area contributed by atoms with Crippen LogP contribution < -0.4 is 0 Å². The lowest BCUT2D eigenvalue weighted by molar-refractivity contribution is -0.149. The molecule has 2 rings (SSSR count). The standard InChI is InChI=1S/C17H22O4S2/c1-13(19)21-15(9-16-17(10-18)23-8-7-22-16)12-20-11-14-5-3-2-4-6-14/h2-6,15,18H,7-12H2,1H3/t15-/m0/s1. The first-order valence-corrected chi connectivity index (χ1v) is 9.53. The maximum Gasteiger partial charge on any atom is 0.302 e. The van der Waals surface area contributed by atoms with Crippen LogP contribution in [0.25, 0.3) is 0 Å². The van der Waals surface area contributed by atoms with Crippen LogP contribution in [0, 0.1) is 0 Å². The number of thioether (sulfide) groups is 2. The van der Waals surface area contributed by atoms with Crippen LogP contribution in [-0.2, 0) is 20.9 Å². The molecule has 0 saturated carbocycles. The Morgan fingerprint density at radius 1 is 1.22 bits per heavy atom. The molecule has 126 valence electrons. The summed E-state index contributed by atoms with van der Waals surface area (Å²) in [6, 6.07) is 9.90. The van der Waals surface area contributed by atoms with Crippen molar-refractivity contribution in [2.24, 2.45) is 0 Å². The smallest absolute Gasteiger partial charge is 0.302 e. The van der Waals surface area contributed by atoms with Crippen molar-refractivity contribution in [3.63, 3.8) is 0 Å². The first-order valence-electron chi connectivity index (χ1n) is 7.56. The van der Waals surface area contributed by atoms with Gasteiger partial charge in [-0.3, -0.25) is 4.79 Å². The maximum absolute atomic E-state index is 11.3. The number of aliphatic hydroxyl groups is 1. The molecular weight excluding hydrogens is 332 g/mol. The molecule has 1 N–H and O–H groups in total. The fraction of sp³-hybridized carbons (Fsp3) is 0.471. The minimum absolute atomic E-state index is 0.0463. The average Bonchev–Trinajstić information content (AvgIpc) is 2.55. The summed E-state index contributed by atoms with van der Waals surface area (Å²) in [6.07, 6.45) is 0.279. The predicted molar refractivity (Wildman–Crippen MR) is 95.3 cm³/mol. The van der Waals surface area contributed by atoms with Crippen LogP contribution in [-0.4, -0.2) is 41.9 Å². The molecule has 1 atom stereocenters. The summed E-state index contributed by atoms with van der Waals surface area (Å²) >= 11 is 3.41. The number of carbonyl (C=O) groups is 1. The zero-order chi connectivity index (χ0) is 16.5. The average molecular weight is 354 g/mol. The number of aliphatic hydroxyl groups excluding tert-OH is 1. The largest absolute Gasteiger partial charge is 0.460 e. The van der Waals surface area contributed by atoms with Crippen molar-refractivity contribution in [1.82, 2.24) is 0 Å². The van der Waals surface area contributed by atoms with Crippen LogP contribution >= 0.6 is 23.5 Å². The van der Waals surface area contributed by atoms with Gasteiger partial charge in [0.1, 0.15) is 6.10 Å². The van der Waals surface area contributed by atoms with E-state index < -0.39 is 0 Å². The van der Waals surface area contributed by atoms with Crippen molar-refractivity contribution in [3.05, 3.63) is 45.7 Å². The molecule has 0 aliphatic carbocycles. The van der Waals surface area contributed by atoms with Crippen LogP contribution in [0.15, 0.2) is 40.1 Å². The molecule has 0 amide bonds. The molecule has 1 aliphatic heterocycles. The van der Waals surface area contributed by atoms with Crippen molar-refractivity contribution >= 4 is 29.5 Å². The Hall–Kier alpha value is -0.950. The van der Waals surface area contributed by atoms with Crippen molar-refractivity contribution in [3.8, 4) is 0 Å². The fourth-order valence-electron chi connectivity index (χ4n) is 2.26. The number of rotatable bonds is 8. The van der Waals surface area contributed by atoms with E-state index in [0.29, 0.717) is 19.6 Å². The normalized spacial score (nSPS) is 16.3. The Balaban J connectivity index is 1.91. The van der Waals surface area contributed by atoms with E-state index in [1.807, 2.05) is 30.3 Å². The van der Waals surface area contributed by atoms with Crippen molar-refractivity contribution in [2.45, 2.75) is 26.1 Å². The monoisotopic (exact) mass is 354 g/mol. The van der Waals surface area contributed by atoms with Gasteiger partial charge in [0.25, 0.3) is 0 Å². The molecule has 0 unspecified atom stereocenters. The summed E-state index contributed by atoms with van der Waals surface area (Å²) in [5.41, 5.74) is 1.09. The zero-order valence-corrected chi connectivity index (χ0v) is 14.8. The second-order valence-electron chi connectivity index (χ2n) is 5.14. The van der Waals surface area contributed by atoms with Gasteiger partial charge in [-0.2, -0.15) is 0 Å². The molecule has 0 radical (unpaired) electrons. The molecule has 1 heterocycles. The third-order valence-electron chi connectivity index (χ3n) is 3.25. The van der Waals surface area contributed by atoms with Gasteiger partial charge >= 0.3 is 5.97 Å². The van der Waals surface area contributed by atoms with Gasteiger partial charge < -0.3 is 14.6 Å². The molecule has 1 aromatic carbocycles. The number of hydrogen-bond acceptors (Lipinski definition) is 6. The van der Waals surface area contributed by atoms with Crippen LogP contribution in [0.5, 0.6) is 0 Å². The highest BCUT2D eigenvalue weighted by atomic mass is 32.2. The number of esters is 1. The van der Waals surface area contributed by atoms with Gasteiger partial charge in [0.05, 0.1) is 19.8 Å². The Bertz CT molecular complexity index is 531. The molecule has 0 aromatic heterocycles. The van der Waals surface area contributed by atoms with Crippen LogP contribution in [0.2, 0.25) is 0 Å². The Morgan fingerprint density at radius 3 is 2.57 bits per heavy atom. The predicted octanol–water partition coefficient (Wildman–Crippen LogP) is 3.21. The van der Waals surface area contributed by atoms with Gasteiger partial charge in [-0.15, -0.1) is 23.5 Å². The highest BCUT2D eigenvalue weighted by Crippen LogP contribution is 2.36. The SMILES string of the molecule is CC(=O)O[C@H](COCc1ccccc1)CC1=C(CO)SCCS1. The topological polar surface area (TPSA) is 55.8 Å². The number of ether oxygens (including phenoxy) is 2. The van der Waals surface area contributed by atoms with E-state index in [1.165, 1.54) is 6.92 Å². The third kappa shape index (κ3) is 6.59. The van der Waals surface area contributed by atoms with Gasteiger partial charge in [-0.05, 0) is 5.56 Å². The quantitative estimate of drug-likeness (QED) is 0.724. The molecule has 0 spiro atoms. The van der Waals surface area contributed by atoms with E-state index in [-0.39, 0.29) is 18.7 Å². The number of benzene rings is 1. The second kappa shape index (κ2) is 10.0. The maximum atomic E-state index is 11.3. The molecule has 4 nitrogen and oxygen atoms in total. The third-order valence-corrected chi connectivity index (χ3v) is 5.94. The minimum atomic E-state index is -0.320. The van der Waals surface area contributed by atoms with Crippen LogP contribution in [0.3, 0.4) is 0 Å². The lowest BCUT2D eigenvalue weighted by Gasteiger charge is -2.23. The summed E-state index contributed by atoms with van der Waals surface area (Å²) < 4.78 is 11.1. The summed E-state index contributed by atoms with van der Waals surface area (Å²) in [4.78, 5) is 13.4. The second-order valence-corrected chi connectivity index (χ2v) is 7.52. The van der Waals surface area contributed by atoms with Gasteiger partial charge in [0.2, 0.25) is 0 Å². The van der Waals surface area contributed by atoms with Crippen molar-refractivity contribution in [1.29, 1.82) is 0 Å². The Morgan fingerprint density at radius 2 is 1.91 bits per heavy atom. The highest BCUT2D eigenvalue weighted by Gasteiger charge is 2.20. The van der Waals surface area contributed by atoms with Crippen LogP contribution in [0.4, 0.5) is 0 Å². The Labute approximate surface area is 145 Å².